The highest BCUT2D eigenvalue weighted by Crippen LogP contribution is 2.32. The molecule has 0 aliphatic carbocycles. The zero-order chi connectivity index (χ0) is 13.2. The molecule has 1 aliphatic heterocycles. The summed E-state index contributed by atoms with van der Waals surface area (Å²) in [6.07, 6.45) is 1.17. The zero-order valence-electron chi connectivity index (χ0n) is 10.8. The summed E-state index contributed by atoms with van der Waals surface area (Å²) in [4.78, 5) is 2.44. The number of aryl methyl sites for hydroxylation is 1. The van der Waals surface area contributed by atoms with Gasteiger partial charge in [0.2, 0.25) is 0 Å². The van der Waals surface area contributed by atoms with Crippen LogP contribution in [-0.4, -0.2) is 28.2 Å². The first-order valence-electron chi connectivity index (χ1n) is 6.48. The summed E-state index contributed by atoms with van der Waals surface area (Å²) in [7, 11) is 0. The molecule has 2 aromatic rings. The Morgan fingerprint density at radius 3 is 2.95 bits per heavy atom. The molecule has 0 N–H and O–H groups in total. The first-order valence-corrected chi connectivity index (χ1v) is 7.67. The monoisotopic (exact) mass is 293 g/mol. The van der Waals surface area contributed by atoms with Gasteiger partial charge in [0.25, 0.3) is 0 Å². The lowest BCUT2D eigenvalue weighted by Crippen LogP contribution is -2.19. The second-order valence-corrected chi connectivity index (χ2v) is 6.63. The van der Waals surface area contributed by atoms with E-state index in [-0.39, 0.29) is 0 Å². The van der Waals surface area contributed by atoms with Gasteiger partial charge >= 0.3 is 0 Å². The maximum atomic E-state index is 6.28. The van der Waals surface area contributed by atoms with Crippen LogP contribution in [0.15, 0.2) is 24.3 Å². The molecule has 1 aliphatic rings. The third-order valence-electron chi connectivity index (χ3n) is 3.54. The average molecular weight is 294 g/mol. The zero-order valence-corrected chi connectivity index (χ0v) is 12.4. The summed E-state index contributed by atoms with van der Waals surface area (Å²) >= 11 is 7.96. The van der Waals surface area contributed by atoms with Crippen LogP contribution in [0, 0.1) is 6.92 Å². The molecule has 3 rings (SSSR count). The summed E-state index contributed by atoms with van der Waals surface area (Å²) < 4.78 is 0. The van der Waals surface area contributed by atoms with E-state index in [1.807, 2.05) is 19.1 Å². The molecule has 1 saturated heterocycles. The molecule has 0 radical (unpaired) electrons. The predicted molar refractivity (Wildman–Crippen MR) is 78.7 cm³/mol. The molecular formula is C14H16ClN3S. The Labute approximate surface area is 122 Å². The lowest BCUT2D eigenvalue weighted by Gasteiger charge is -2.15. The van der Waals surface area contributed by atoms with Crippen molar-refractivity contribution in [3.05, 3.63) is 44.9 Å². The molecule has 0 saturated carbocycles. The number of benzene rings is 1. The van der Waals surface area contributed by atoms with Crippen LogP contribution in [0.2, 0.25) is 5.02 Å². The van der Waals surface area contributed by atoms with Gasteiger partial charge in [0.05, 0.1) is 6.54 Å². The fourth-order valence-electron chi connectivity index (χ4n) is 2.63. The highest BCUT2D eigenvalue weighted by molar-refractivity contribution is 7.11. The molecule has 1 unspecified atom stereocenters. The van der Waals surface area contributed by atoms with Crippen LogP contribution >= 0.6 is 22.9 Å². The van der Waals surface area contributed by atoms with Crippen LogP contribution in [0.4, 0.5) is 0 Å². The maximum Gasteiger partial charge on any atom is 0.131 e. The highest BCUT2D eigenvalue weighted by atomic mass is 35.5. The second-order valence-electron chi connectivity index (χ2n) is 4.96. The quantitative estimate of drug-likeness (QED) is 0.867. The normalized spacial score (nSPS) is 20.0. The molecular weight excluding hydrogens is 278 g/mol. The van der Waals surface area contributed by atoms with Gasteiger partial charge in [-0.15, -0.1) is 21.5 Å². The standard InChI is InChI=1S/C14H16ClN3S/c1-10-16-17-14(19-10)9-18-7-6-11(8-18)12-4-2-3-5-13(12)15/h2-5,11H,6-9H2,1H3. The molecule has 0 spiro atoms. The van der Waals surface area contributed by atoms with E-state index in [2.05, 4.69) is 27.2 Å². The molecule has 19 heavy (non-hydrogen) atoms. The predicted octanol–water partition coefficient (Wildman–Crippen LogP) is 3.49. The van der Waals surface area contributed by atoms with E-state index in [9.17, 15) is 0 Å². The van der Waals surface area contributed by atoms with Gasteiger partial charge in [-0.2, -0.15) is 0 Å². The van der Waals surface area contributed by atoms with E-state index >= 15 is 0 Å². The number of rotatable bonds is 3. The Bertz CT molecular complexity index is 569. The molecule has 1 atom stereocenters. The minimum absolute atomic E-state index is 0.544. The topological polar surface area (TPSA) is 29.0 Å². The van der Waals surface area contributed by atoms with Gasteiger partial charge in [0, 0.05) is 11.6 Å². The molecule has 2 heterocycles. The number of aromatic nitrogens is 2. The van der Waals surface area contributed by atoms with Gasteiger partial charge in [0.1, 0.15) is 10.0 Å². The summed E-state index contributed by atoms with van der Waals surface area (Å²) in [5.41, 5.74) is 1.28. The number of likely N-dealkylation sites (tertiary alicyclic amines) is 1. The van der Waals surface area contributed by atoms with Crippen molar-refractivity contribution in [2.24, 2.45) is 0 Å². The lowest BCUT2D eigenvalue weighted by molar-refractivity contribution is 0.325. The lowest BCUT2D eigenvalue weighted by atomic mass is 9.98. The third-order valence-corrected chi connectivity index (χ3v) is 4.71. The molecule has 100 valence electrons. The Balaban J connectivity index is 1.66. The Morgan fingerprint density at radius 1 is 1.37 bits per heavy atom. The minimum atomic E-state index is 0.544. The van der Waals surface area contributed by atoms with Crippen LogP contribution in [0.5, 0.6) is 0 Å². The van der Waals surface area contributed by atoms with Crippen molar-refractivity contribution in [1.29, 1.82) is 0 Å². The van der Waals surface area contributed by atoms with Crippen molar-refractivity contribution < 1.29 is 0 Å². The van der Waals surface area contributed by atoms with Crippen LogP contribution in [0.1, 0.15) is 27.9 Å². The van der Waals surface area contributed by atoms with Crippen LogP contribution in [-0.2, 0) is 6.54 Å². The van der Waals surface area contributed by atoms with E-state index in [1.54, 1.807) is 11.3 Å². The summed E-state index contributed by atoms with van der Waals surface area (Å²) in [5, 5.41) is 11.3. The molecule has 1 fully saturated rings. The first-order chi connectivity index (χ1) is 9.22. The summed E-state index contributed by atoms with van der Waals surface area (Å²) in [5.74, 6) is 0.544. The average Bonchev–Trinajstić information content (AvgIpc) is 3.00. The second kappa shape index (κ2) is 5.57. The maximum absolute atomic E-state index is 6.28. The Morgan fingerprint density at radius 2 is 2.21 bits per heavy atom. The van der Waals surface area contributed by atoms with Crippen molar-refractivity contribution in [2.45, 2.75) is 25.8 Å². The van der Waals surface area contributed by atoms with E-state index in [0.29, 0.717) is 5.92 Å². The van der Waals surface area contributed by atoms with E-state index in [1.165, 1.54) is 12.0 Å². The number of hydrogen-bond acceptors (Lipinski definition) is 4. The number of halogens is 1. The van der Waals surface area contributed by atoms with Crippen molar-refractivity contribution in [3.8, 4) is 0 Å². The third kappa shape index (κ3) is 2.96. The van der Waals surface area contributed by atoms with Crippen molar-refractivity contribution >= 4 is 22.9 Å². The van der Waals surface area contributed by atoms with Crippen molar-refractivity contribution in [2.75, 3.05) is 13.1 Å². The van der Waals surface area contributed by atoms with E-state index in [4.69, 9.17) is 11.6 Å². The fraction of sp³-hybridized carbons (Fsp3) is 0.429. The van der Waals surface area contributed by atoms with Crippen molar-refractivity contribution in [1.82, 2.24) is 15.1 Å². The van der Waals surface area contributed by atoms with Crippen LogP contribution in [0.3, 0.4) is 0 Å². The van der Waals surface area contributed by atoms with Gasteiger partial charge in [-0.25, -0.2) is 0 Å². The SMILES string of the molecule is Cc1nnc(CN2CCC(c3ccccc3Cl)C2)s1. The summed E-state index contributed by atoms with van der Waals surface area (Å²) in [6, 6.07) is 8.18. The van der Waals surface area contributed by atoms with Gasteiger partial charge in [-0.05, 0) is 37.4 Å². The number of nitrogens with zero attached hydrogens (tertiary/aromatic N) is 3. The molecule has 1 aromatic heterocycles. The molecule has 3 nitrogen and oxygen atoms in total. The van der Waals surface area contributed by atoms with Gasteiger partial charge in [0.15, 0.2) is 0 Å². The van der Waals surface area contributed by atoms with E-state index < -0.39 is 0 Å². The van der Waals surface area contributed by atoms with Gasteiger partial charge in [-0.1, -0.05) is 29.8 Å². The first kappa shape index (κ1) is 13.0. The van der Waals surface area contributed by atoms with Crippen LogP contribution < -0.4 is 0 Å². The molecule has 0 bridgehead atoms. The van der Waals surface area contributed by atoms with Gasteiger partial charge in [-0.3, -0.25) is 4.90 Å². The minimum Gasteiger partial charge on any atom is -0.296 e. The Kier molecular flexibility index (Phi) is 3.82. The van der Waals surface area contributed by atoms with Gasteiger partial charge < -0.3 is 0 Å². The number of hydrogen-bond donors (Lipinski definition) is 0. The summed E-state index contributed by atoms with van der Waals surface area (Å²) in [6.45, 7) is 5.07. The molecule has 5 heteroatoms. The fourth-order valence-corrected chi connectivity index (χ4v) is 3.67. The van der Waals surface area contributed by atoms with Crippen LogP contribution in [0.25, 0.3) is 0 Å². The molecule has 0 amide bonds. The largest absolute Gasteiger partial charge is 0.296 e. The molecule has 1 aromatic carbocycles. The highest BCUT2D eigenvalue weighted by Gasteiger charge is 2.25. The Hall–Kier alpha value is -0.970. The smallest absolute Gasteiger partial charge is 0.131 e. The van der Waals surface area contributed by atoms with E-state index in [0.717, 1.165) is 34.7 Å². The van der Waals surface area contributed by atoms with Crippen molar-refractivity contribution in [3.63, 3.8) is 0 Å².